The van der Waals surface area contributed by atoms with E-state index in [9.17, 15) is 4.79 Å². The van der Waals surface area contributed by atoms with Gasteiger partial charge in [0.05, 0.1) is 5.56 Å². The zero-order valence-electron chi connectivity index (χ0n) is 6.56. The van der Waals surface area contributed by atoms with Crippen molar-refractivity contribution in [1.29, 1.82) is 0 Å². The third-order valence-electron chi connectivity index (χ3n) is 1.92. The first-order chi connectivity index (χ1) is 5.68. The van der Waals surface area contributed by atoms with Gasteiger partial charge in [-0.25, -0.2) is 0 Å². The highest BCUT2D eigenvalue weighted by Gasteiger charge is 2.21. The number of halogens is 1. The molecule has 0 atom stereocenters. The molecule has 0 unspecified atom stereocenters. The smallest absolute Gasteiger partial charge is 0.203 e. The number of hydrogen-bond acceptors (Lipinski definition) is 2. The van der Waals surface area contributed by atoms with Gasteiger partial charge in [-0.2, -0.15) is 0 Å². The summed E-state index contributed by atoms with van der Waals surface area (Å²) in [5.74, 6) is 0.661. The molecule has 0 N–H and O–H groups in total. The standard InChI is InChI=1S/C9H7ClO2/c1-5-2-9-6(3-7(5)10)8(11)4-12-9/h2-3H,4H2,1H3. The highest BCUT2D eigenvalue weighted by molar-refractivity contribution is 6.32. The molecule has 1 aromatic rings. The maximum atomic E-state index is 11.1. The van der Waals surface area contributed by atoms with Gasteiger partial charge in [0.1, 0.15) is 5.75 Å². The fourth-order valence-corrected chi connectivity index (χ4v) is 1.38. The van der Waals surface area contributed by atoms with Gasteiger partial charge < -0.3 is 4.74 Å². The third kappa shape index (κ3) is 0.994. The number of benzene rings is 1. The van der Waals surface area contributed by atoms with Crippen LogP contribution in [0.2, 0.25) is 5.02 Å². The largest absolute Gasteiger partial charge is 0.485 e. The fourth-order valence-electron chi connectivity index (χ4n) is 1.21. The van der Waals surface area contributed by atoms with Crippen molar-refractivity contribution in [1.82, 2.24) is 0 Å². The molecular weight excluding hydrogens is 176 g/mol. The van der Waals surface area contributed by atoms with Crippen LogP contribution in [0.5, 0.6) is 5.75 Å². The number of aryl methyl sites for hydroxylation is 1. The van der Waals surface area contributed by atoms with Gasteiger partial charge in [0.15, 0.2) is 6.61 Å². The molecule has 0 bridgehead atoms. The number of ether oxygens (including phenoxy) is 1. The van der Waals surface area contributed by atoms with Crippen molar-refractivity contribution in [2.45, 2.75) is 6.92 Å². The molecular formula is C9H7ClO2. The second-order valence-corrected chi connectivity index (χ2v) is 3.22. The Balaban J connectivity index is 2.63. The van der Waals surface area contributed by atoms with E-state index < -0.39 is 0 Å². The predicted molar refractivity (Wildman–Crippen MR) is 46.0 cm³/mol. The first kappa shape index (κ1) is 7.62. The molecule has 12 heavy (non-hydrogen) atoms. The Morgan fingerprint density at radius 3 is 3.00 bits per heavy atom. The van der Waals surface area contributed by atoms with Gasteiger partial charge in [-0.1, -0.05) is 11.6 Å². The van der Waals surface area contributed by atoms with Crippen LogP contribution in [0.4, 0.5) is 0 Å². The van der Waals surface area contributed by atoms with E-state index in [0.717, 1.165) is 5.56 Å². The van der Waals surface area contributed by atoms with Crippen molar-refractivity contribution in [3.63, 3.8) is 0 Å². The molecule has 0 aromatic heterocycles. The van der Waals surface area contributed by atoms with Gasteiger partial charge in [-0.3, -0.25) is 4.79 Å². The van der Waals surface area contributed by atoms with Gasteiger partial charge in [0, 0.05) is 5.02 Å². The summed E-state index contributed by atoms with van der Waals surface area (Å²) in [7, 11) is 0. The molecule has 0 radical (unpaired) electrons. The molecule has 3 heteroatoms. The Kier molecular flexibility index (Phi) is 1.58. The number of hydrogen-bond donors (Lipinski definition) is 0. The maximum Gasteiger partial charge on any atom is 0.203 e. The molecule has 62 valence electrons. The van der Waals surface area contributed by atoms with E-state index >= 15 is 0 Å². The molecule has 0 amide bonds. The number of carbonyl (C=O) groups excluding carboxylic acids is 1. The minimum Gasteiger partial charge on any atom is -0.485 e. The highest BCUT2D eigenvalue weighted by atomic mass is 35.5. The molecule has 2 rings (SSSR count). The molecule has 2 nitrogen and oxygen atoms in total. The van der Waals surface area contributed by atoms with Crippen LogP contribution in [0.1, 0.15) is 15.9 Å². The minimum absolute atomic E-state index is 0.00639. The normalized spacial score (nSPS) is 14.3. The van der Waals surface area contributed by atoms with Crippen molar-refractivity contribution in [2.24, 2.45) is 0 Å². The zero-order valence-corrected chi connectivity index (χ0v) is 7.31. The summed E-state index contributed by atoms with van der Waals surface area (Å²) in [6, 6.07) is 3.46. The minimum atomic E-state index is 0.00639. The lowest BCUT2D eigenvalue weighted by Gasteiger charge is -2.00. The van der Waals surface area contributed by atoms with Crippen molar-refractivity contribution in [2.75, 3.05) is 6.61 Å². The summed E-state index contributed by atoms with van der Waals surface area (Å²) >= 11 is 5.85. The van der Waals surface area contributed by atoms with Gasteiger partial charge in [-0.15, -0.1) is 0 Å². The lowest BCUT2D eigenvalue weighted by atomic mass is 10.1. The number of carbonyl (C=O) groups is 1. The number of Topliss-reactive ketones (excluding diaryl/α,β-unsaturated/α-hetero) is 1. The Bertz CT molecular complexity index is 358. The van der Waals surface area contributed by atoms with Crippen LogP contribution >= 0.6 is 11.6 Å². The number of fused-ring (bicyclic) bond motifs is 1. The van der Waals surface area contributed by atoms with Gasteiger partial charge in [-0.05, 0) is 24.6 Å². The summed E-state index contributed by atoms with van der Waals surface area (Å²) < 4.78 is 5.14. The summed E-state index contributed by atoms with van der Waals surface area (Å²) in [5.41, 5.74) is 1.54. The first-order valence-electron chi connectivity index (χ1n) is 3.64. The topological polar surface area (TPSA) is 26.3 Å². The van der Waals surface area contributed by atoms with Crippen molar-refractivity contribution < 1.29 is 9.53 Å². The molecule has 0 saturated carbocycles. The molecule has 1 aliphatic heterocycles. The van der Waals surface area contributed by atoms with E-state index in [0.29, 0.717) is 16.3 Å². The van der Waals surface area contributed by atoms with E-state index in [1.165, 1.54) is 0 Å². The maximum absolute atomic E-state index is 11.1. The van der Waals surface area contributed by atoms with Crippen LogP contribution in [-0.2, 0) is 0 Å². The van der Waals surface area contributed by atoms with E-state index in [-0.39, 0.29) is 12.4 Å². The summed E-state index contributed by atoms with van der Waals surface area (Å²) in [5, 5.41) is 0.618. The molecule has 0 saturated heterocycles. The van der Waals surface area contributed by atoms with Gasteiger partial charge in [0.25, 0.3) is 0 Å². The summed E-state index contributed by atoms with van der Waals surface area (Å²) in [4.78, 5) is 11.1. The molecule has 1 heterocycles. The van der Waals surface area contributed by atoms with Crippen LogP contribution in [-0.4, -0.2) is 12.4 Å². The van der Waals surface area contributed by atoms with Crippen molar-refractivity contribution in [3.05, 3.63) is 28.3 Å². The van der Waals surface area contributed by atoms with Gasteiger partial charge in [0.2, 0.25) is 5.78 Å². The van der Waals surface area contributed by atoms with Gasteiger partial charge >= 0.3 is 0 Å². The average Bonchev–Trinajstić information content (AvgIpc) is 2.35. The first-order valence-corrected chi connectivity index (χ1v) is 4.02. The van der Waals surface area contributed by atoms with Crippen LogP contribution < -0.4 is 4.74 Å². The molecule has 1 aliphatic rings. The van der Waals surface area contributed by atoms with E-state index in [1.54, 1.807) is 12.1 Å². The summed E-state index contributed by atoms with van der Waals surface area (Å²) in [6.45, 7) is 2.03. The molecule has 0 aliphatic carbocycles. The number of rotatable bonds is 0. The molecule has 0 fully saturated rings. The van der Waals surface area contributed by atoms with Crippen LogP contribution in [0.25, 0.3) is 0 Å². The monoisotopic (exact) mass is 182 g/mol. The Morgan fingerprint density at radius 2 is 2.25 bits per heavy atom. The van der Waals surface area contributed by atoms with Crippen LogP contribution in [0.3, 0.4) is 0 Å². The summed E-state index contributed by atoms with van der Waals surface area (Å²) in [6.07, 6.45) is 0. The lowest BCUT2D eigenvalue weighted by molar-refractivity contribution is 0.0961. The lowest BCUT2D eigenvalue weighted by Crippen LogP contribution is -1.98. The van der Waals surface area contributed by atoms with E-state index in [1.807, 2.05) is 6.92 Å². The molecule has 0 spiro atoms. The van der Waals surface area contributed by atoms with Crippen LogP contribution in [0.15, 0.2) is 12.1 Å². The molecule has 1 aromatic carbocycles. The number of ketones is 1. The predicted octanol–water partition coefficient (Wildman–Crippen LogP) is 2.22. The Hall–Kier alpha value is -1.02. The fraction of sp³-hybridized carbons (Fsp3) is 0.222. The second kappa shape index (κ2) is 2.49. The van der Waals surface area contributed by atoms with Crippen LogP contribution in [0, 0.1) is 6.92 Å². The Morgan fingerprint density at radius 1 is 1.50 bits per heavy atom. The zero-order chi connectivity index (χ0) is 8.72. The second-order valence-electron chi connectivity index (χ2n) is 2.81. The van der Waals surface area contributed by atoms with E-state index in [4.69, 9.17) is 16.3 Å². The van der Waals surface area contributed by atoms with E-state index in [2.05, 4.69) is 0 Å². The SMILES string of the molecule is Cc1cc2c(cc1Cl)C(=O)CO2. The third-order valence-corrected chi connectivity index (χ3v) is 2.33. The average molecular weight is 183 g/mol. The van der Waals surface area contributed by atoms with Crippen molar-refractivity contribution in [3.8, 4) is 5.75 Å². The van der Waals surface area contributed by atoms with Crippen molar-refractivity contribution >= 4 is 17.4 Å². The Labute approximate surface area is 75.1 Å². The quantitative estimate of drug-likeness (QED) is 0.615. The highest BCUT2D eigenvalue weighted by Crippen LogP contribution is 2.30.